The molecule has 0 bridgehead atoms. The van der Waals surface area contributed by atoms with Crippen LogP contribution in [0.1, 0.15) is 18.1 Å². The predicted molar refractivity (Wildman–Crippen MR) is 114 cm³/mol. The van der Waals surface area contributed by atoms with E-state index in [4.69, 9.17) is 4.98 Å². The van der Waals surface area contributed by atoms with E-state index < -0.39 is 12.3 Å². The lowest BCUT2D eigenvalue weighted by atomic mass is 10.1. The Bertz CT molecular complexity index is 1180. The SMILES string of the molecule is Cc1cccc(C)c1Nc1nc2ccc(N(C)C(C)(O)CO)nc2n2cncc12. The van der Waals surface area contributed by atoms with Crippen LogP contribution in [0.4, 0.5) is 17.3 Å². The van der Waals surface area contributed by atoms with E-state index in [0.717, 1.165) is 22.3 Å². The van der Waals surface area contributed by atoms with Crippen molar-refractivity contribution in [2.75, 3.05) is 23.9 Å². The minimum Gasteiger partial charge on any atom is -0.391 e. The molecule has 3 aromatic heterocycles. The van der Waals surface area contributed by atoms with Gasteiger partial charge in [-0.05, 0) is 44.0 Å². The summed E-state index contributed by atoms with van der Waals surface area (Å²) in [7, 11) is 1.68. The molecule has 8 heteroatoms. The number of aliphatic hydroxyl groups excluding tert-OH is 1. The normalized spacial score (nSPS) is 13.6. The highest BCUT2D eigenvalue weighted by molar-refractivity contribution is 5.85. The van der Waals surface area contributed by atoms with Crippen LogP contribution in [-0.4, -0.2) is 48.9 Å². The number of fused-ring (bicyclic) bond motifs is 3. The number of hydrogen-bond donors (Lipinski definition) is 3. The highest BCUT2D eigenvalue weighted by Crippen LogP contribution is 2.29. The first-order valence-corrected chi connectivity index (χ1v) is 9.35. The second-order valence-electron chi connectivity index (χ2n) is 7.45. The van der Waals surface area contributed by atoms with Gasteiger partial charge in [0.05, 0.1) is 12.8 Å². The smallest absolute Gasteiger partial charge is 0.166 e. The van der Waals surface area contributed by atoms with Gasteiger partial charge in [0.2, 0.25) is 0 Å². The van der Waals surface area contributed by atoms with E-state index >= 15 is 0 Å². The van der Waals surface area contributed by atoms with E-state index in [-0.39, 0.29) is 0 Å². The molecule has 8 nitrogen and oxygen atoms in total. The molecule has 0 spiro atoms. The number of aliphatic hydroxyl groups is 2. The lowest BCUT2D eigenvalue weighted by Crippen LogP contribution is -2.47. The number of anilines is 3. The van der Waals surface area contributed by atoms with Crippen molar-refractivity contribution in [1.82, 2.24) is 19.4 Å². The molecule has 4 aromatic rings. The number of imidazole rings is 1. The number of benzene rings is 1. The molecule has 1 unspecified atom stereocenters. The third-order valence-electron chi connectivity index (χ3n) is 5.27. The number of likely N-dealkylation sites (N-methyl/N-ethyl adjacent to an activating group) is 1. The van der Waals surface area contributed by atoms with Crippen molar-refractivity contribution in [3.8, 4) is 0 Å². The van der Waals surface area contributed by atoms with E-state index in [1.54, 1.807) is 25.6 Å². The van der Waals surface area contributed by atoms with Crippen LogP contribution in [0.3, 0.4) is 0 Å². The van der Waals surface area contributed by atoms with Gasteiger partial charge >= 0.3 is 0 Å². The Hall–Kier alpha value is -3.23. The average Bonchev–Trinajstić information content (AvgIpc) is 3.20. The first-order chi connectivity index (χ1) is 13.8. The van der Waals surface area contributed by atoms with Crippen molar-refractivity contribution in [2.45, 2.75) is 26.5 Å². The lowest BCUT2D eigenvalue weighted by Gasteiger charge is -2.33. The van der Waals surface area contributed by atoms with Crippen LogP contribution in [0, 0.1) is 13.8 Å². The molecule has 0 aliphatic heterocycles. The molecular weight excluding hydrogens is 368 g/mol. The maximum atomic E-state index is 10.3. The maximum absolute atomic E-state index is 10.3. The zero-order valence-corrected chi connectivity index (χ0v) is 16.9. The Balaban J connectivity index is 1.85. The molecule has 150 valence electrons. The first-order valence-electron chi connectivity index (χ1n) is 9.35. The van der Waals surface area contributed by atoms with Gasteiger partial charge in [-0.1, -0.05) is 18.2 Å². The van der Waals surface area contributed by atoms with Gasteiger partial charge in [0.25, 0.3) is 0 Å². The van der Waals surface area contributed by atoms with Gasteiger partial charge in [-0.3, -0.25) is 4.40 Å². The Labute approximate surface area is 168 Å². The van der Waals surface area contributed by atoms with Gasteiger partial charge in [-0.2, -0.15) is 0 Å². The molecule has 0 fully saturated rings. The van der Waals surface area contributed by atoms with Crippen molar-refractivity contribution in [3.63, 3.8) is 0 Å². The molecule has 0 aliphatic rings. The molecule has 0 aliphatic carbocycles. The summed E-state index contributed by atoms with van der Waals surface area (Å²) in [4.78, 5) is 15.2. The highest BCUT2D eigenvalue weighted by atomic mass is 16.3. The molecule has 0 amide bonds. The number of para-hydroxylation sites is 1. The minimum atomic E-state index is -1.42. The van der Waals surface area contributed by atoms with Crippen LogP contribution < -0.4 is 10.2 Å². The first kappa shape index (κ1) is 19.1. The van der Waals surface area contributed by atoms with Crippen molar-refractivity contribution >= 4 is 34.0 Å². The second-order valence-corrected chi connectivity index (χ2v) is 7.45. The summed E-state index contributed by atoms with van der Waals surface area (Å²) < 4.78 is 1.86. The summed E-state index contributed by atoms with van der Waals surface area (Å²) in [6, 6.07) is 9.75. The summed E-state index contributed by atoms with van der Waals surface area (Å²) in [6.45, 7) is 5.23. The summed E-state index contributed by atoms with van der Waals surface area (Å²) in [5.41, 5.74) is 3.95. The summed E-state index contributed by atoms with van der Waals surface area (Å²) >= 11 is 0. The van der Waals surface area contributed by atoms with Crippen LogP contribution in [0.15, 0.2) is 42.9 Å². The maximum Gasteiger partial charge on any atom is 0.166 e. The number of pyridine rings is 1. The number of nitrogens with zero attached hydrogens (tertiary/aromatic N) is 5. The van der Waals surface area contributed by atoms with E-state index in [9.17, 15) is 10.2 Å². The number of hydrogen-bond acceptors (Lipinski definition) is 7. The molecule has 1 atom stereocenters. The average molecular weight is 392 g/mol. The fourth-order valence-corrected chi connectivity index (χ4v) is 3.27. The quantitative estimate of drug-likeness (QED) is 0.449. The number of rotatable bonds is 5. The van der Waals surface area contributed by atoms with Crippen molar-refractivity contribution in [1.29, 1.82) is 0 Å². The van der Waals surface area contributed by atoms with Crippen molar-refractivity contribution in [2.24, 2.45) is 0 Å². The van der Waals surface area contributed by atoms with Gasteiger partial charge in [0.15, 0.2) is 17.2 Å². The zero-order valence-electron chi connectivity index (χ0n) is 16.9. The predicted octanol–water partition coefficient (Wildman–Crippen LogP) is 2.77. The van der Waals surface area contributed by atoms with Gasteiger partial charge < -0.3 is 20.4 Å². The fraction of sp³-hybridized carbons (Fsp3) is 0.286. The van der Waals surface area contributed by atoms with Gasteiger partial charge in [-0.15, -0.1) is 0 Å². The number of aryl methyl sites for hydroxylation is 2. The molecular formula is C21H24N6O2. The zero-order chi connectivity index (χ0) is 20.8. The molecule has 0 saturated heterocycles. The van der Waals surface area contributed by atoms with Crippen LogP contribution in [0.5, 0.6) is 0 Å². The Morgan fingerprint density at radius 3 is 2.55 bits per heavy atom. The molecule has 3 N–H and O–H groups in total. The van der Waals surface area contributed by atoms with Gasteiger partial charge in [0.1, 0.15) is 23.2 Å². The largest absolute Gasteiger partial charge is 0.391 e. The van der Waals surface area contributed by atoms with E-state index in [2.05, 4.69) is 41.3 Å². The third-order valence-corrected chi connectivity index (χ3v) is 5.27. The van der Waals surface area contributed by atoms with Crippen molar-refractivity contribution in [3.05, 3.63) is 54.0 Å². The summed E-state index contributed by atoms with van der Waals surface area (Å²) in [5.74, 6) is 1.21. The number of nitrogens with one attached hydrogen (secondary N) is 1. The lowest BCUT2D eigenvalue weighted by molar-refractivity contribution is 0.00273. The Kier molecular flexibility index (Phi) is 4.60. The van der Waals surface area contributed by atoms with E-state index in [1.165, 1.54) is 11.8 Å². The van der Waals surface area contributed by atoms with Crippen LogP contribution in [0.25, 0.3) is 16.7 Å². The molecule has 4 rings (SSSR count). The summed E-state index contributed by atoms with van der Waals surface area (Å²) in [6.07, 6.45) is 3.43. The monoisotopic (exact) mass is 392 g/mol. The van der Waals surface area contributed by atoms with Crippen molar-refractivity contribution < 1.29 is 10.2 Å². The highest BCUT2D eigenvalue weighted by Gasteiger charge is 2.26. The fourth-order valence-electron chi connectivity index (χ4n) is 3.27. The molecule has 0 saturated carbocycles. The molecule has 0 radical (unpaired) electrons. The van der Waals surface area contributed by atoms with Crippen LogP contribution in [0.2, 0.25) is 0 Å². The minimum absolute atomic E-state index is 0.416. The van der Waals surface area contributed by atoms with E-state index in [0.29, 0.717) is 22.8 Å². The van der Waals surface area contributed by atoms with Gasteiger partial charge in [-0.25, -0.2) is 15.0 Å². The van der Waals surface area contributed by atoms with E-state index in [1.807, 2.05) is 16.5 Å². The van der Waals surface area contributed by atoms with Crippen LogP contribution >= 0.6 is 0 Å². The molecule has 29 heavy (non-hydrogen) atoms. The molecule has 1 aromatic carbocycles. The molecule has 3 heterocycles. The second kappa shape index (κ2) is 6.98. The number of aromatic nitrogens is 4. The third kappa shape index (κ3) is 3.26. The Morgan fingerprint density at radius 2 is 1.86 bits per heavy atom. The topological polar surface area (TPSA) is 98.8 Å². The van der Waals surface area contributed by atoms with Crippen LogP contribution in [-0.2, 0) is 0 Å². The Morgan fingerprint density at radius 1 is 1.14 bits per heavy atom. The summed E-state index contributed by atoms with van der Waals surface area (Å²) in [5, 5.41) is 23.2. The van der Waals surface area contributed by atoms with Gasteiger partial charge in [0, 0.05) is 12.7 Å². The standard InChI is InChI=1S/C21H24N6O2/c1-13-6-5-7-14(2)18(13)25-19-16-10-22-12-27(16)20-15(23-19)8-9-17(24-20)26(4)21(3,29)11-28/h5-10,12,28-29H,11H2,1-4H3,(H,23,25).